The molecule has 26 heavy (non-hydrogen) atoms. The summed E-state index contributed by atoms with van der Waals surface area (Å²) in [4.78, 5) is 11.9. The van der Waals surface area contributed by atoms with Crippen LogP contribution in [0.25, 0.3) is 11.5 Å². The second-order valence-corrected chi connectivity index (χ2v) is 6.73. The number of halogens is 2. The SMILES string of the molecule is O=C(CSc1nnc(-c2ccccc2F)o1)NCCc1cccc(Cl)c1. The standard InChI is InChI=1S/C18H15ClFN3O2S/c19-13-5-3-4-12(10-13)8-9-21-16(24)11-26-18-23-22-17(25-18)14-6-1-2-7-15(14)20/h1-7,10H,8-9,11H2,(H,21,24). The molecule has 0 aliphatic rings. The number of hydrogen-bond donors (Lipinski definition) is 1. The molecule has 1 aromatic heterocycles. The van der Waals surface area contributed by atoms with Gasteiger partial charge in [-0.15, -0.1) is 10.2 Å². The van der Waals surface area contributed by atoms with Crippen LogP contribution in [0.3, 0.4) is 0 Å². The molecule has 0 fully saturated rings. The van der Waals surface area contributed by atoms with Gasteiger partial charge in [0.25, 0.3) is 11.1 Å². The first-order chi connectivity index (χ1) is 12.6. The Morgan fingerprint density at radius 2 is 2.04 bits per heavy atom. The predicted octanol–water partition coefficient (Wildman–Crippen LogP) is 3.98. The highest BCUT2D eigenvalue weighted by molar-refractivity contribution is 7.99. The first kappa shape index (κ1) is 18.4. The highest BCUT2D eigenvalue weighted by Crippen LogP contribution is 2.24. The molecule has 1 heterocycles. The molecule has 134 valence electrons. The van der Waals surface area contributed by atoms with Crippen LogP contribution in [0.2, 0.25) is 5.02 Å². The number of hydrogen-bond acceptors (Lipinski definition) is 5. The van der Waals surface area contributed by atoms with E-state index in [1.807, 2.05) is 18.2 Å². The molecule has 0 bridgehead atoms. The van der Waals surface area contributed by atoms with E-state index in [4.69, 9.17) is 16.0 Å². The summed E-state index contributed by atoms with van der Waals surface area (Å²) in [7, 11) is 0. The van der Waals surface area contributed by atoms with Gasteiger partial charge in [0.15, 0.2) is 0 Å². The number of aromatic nitrogens is 2. The molecule has 8 heteroatoms. The van der Waals surface area contributed by atoms with Gasteiger partial charge in [-0.05, 0) is 36.2 Å². The molecule has 3 rings (SSSR count). The lowest BCUT2D eigenvalue weighted by molar-refractivity contribution is -0.118. The van der Waals surface area contributed by atoms with Crippen molar-refractivity contribution >= 4 is 29.3 Å². The van der Waals surface area contributed by atoms with E-state index in [-0.39, 0.29) is 28.3 Å². The number of thioether (sulfide) groups is 1. The normalized spacial score (nSPS) is 10.7. The minimum atomic E-state index is -0.438. The number of amides is 1. The smallest absolute Gasteiger partial charge is 0.277 e. The molecule has 1 N–H and O–H groups in total. The summed E-state index contributed by atoms with van der Waals surface area (Å²) in [5.74, 6) is -0.366. The van der Waals surface area contributed by atoms with E-state index in [9.17, 15) is 9.18 Å². The van der Waals surface area contributed by atoms with Crippen LogP contribution in [-0.2, 0) is 11.2 Å². The predicted molar refractivity (Wildman–Crippen MR) is 98.6 cm³/mol. The van der Waals surface area contributed by atoms with Crippen molar-refractivity contribution in [3.8, 4) is 11.5 Å². The number of nitrogens with one attached hydrogen (secondary N) is 1. The van der Waals surface area contributed by atoms with Gasteiger partial charge in [0.05, 0.1) is 11.3 Å². The van der Waals surface area contributed by atoms with Gasteiger partial charge in [0, 0.05) is 11.6 Å². The lowest BCUT2D eigenvalue weighted by Crippen LogP contribution is -2.27. The van der Waals surface area contributed by atoms with Gasteiger partial charge in [0.2, 0.25) is 5.91 Å². The Kier molecular flexibility index (Phi) is 6.25. The third-order valence-electron chi connectivity index (χ3n) is 3.46. The highest BCUT2D eigenvalue weighted by Gasteiger charge is 2.13. The molecule has 0 unspecified atom stereocenters. The van der Waals surface area contributed by atoms with Crippen LogP contribution < -0.4 is 5.32 Å². The van der Waals surface area contributed by atoms with E-state index < -0.39 is 5.82 Å². The largest absolute Gasteiger partial charge is 0.411 e. The second-order valence-electron chi connectivity index (χ2n) is 5.37. The maximum Gasteiger partial charge on any atom is 0.277 e. The molecule has 0 aliphatic carbocycles. The van der Waals surface area contributed by atoms with Crippen molar-refractivity contribution in [1.29, 1.82) is 0 Å². The Labute approximate surface area is 159 Å². The Hall–Kier alpha value is -2.38. The molecule has 3 aromatic rings. The summed E-state index contributed by atoms with van der Waals surface area (Å²) in [6, 6.07) is 13.6. The summed E-state index contributed by atoms with van der Waals surface area (Å²) in [5, 5.41) is 11.3. The van der Waals surface area contributed by atoms with Crippen molar-refractivity contribution in [2.45, 2.75) is 11.6 Å². The van der Waals surface area contributed by atoms with Gasteiger partial charge in [-0.3, -0.25) is 4.79 Å². The van der Waals surface area contributed by atoms with Crippen LogP contribution >= 0.6 is 23.4 Å². The van der Waals surface area contributed by atoms with Gasteiger partial charge >= 0.3 is 0 Å². The third kappa shape index (κ3) is 5.06. The molecule has 2 aromatic carbocycles. The fraction of sp³-hybridized carbons (Fsp3) is 0.167. The summed E-state index contributed by atoms with van der Waals surface area (Å²) in [6.07, 6.45) is 0.689. The Morgan fingerprint density at radius 1 is 1.19 bits per heavy atom. The first-order valence-electron chi connectivity index (χ1n) is 7.84. The molecule has 0 radical (unpaired) electrons. The maximum absolute atomic E-state index is 13.7. The summed E-state index contributed by atoms with van der Waals surface area (Å²) >= 11 is 7.03. The molecule has 0 atom stereocenters. The molecular formula is C18H15ClFN3O2S. The molecule has 0 saturated carbocycles. The van der Waals surface area contributed by atoms with Gasteiger partial charge in [-0.25, -0.2) is 4.39 Å². The minimum absolute atomic E-state index is 0.0898. The fourth-order valence-electron chi connectivity index (χ4n) is 2.23. The lowest BCUT2D eigenvalue weighted by Gasteiger charge is -2.04. The Balaban J connectivity index is 1.45. The van der Waals surface area contributed by atoms with Crippen molar-refractivity contribution in [2.75, 3.05) is 12.3 Å². The number of rotatable bonds is 7. The van der Waals surface area contributed by atoms with Crippen molar-refractivity contribution in [2.24, 2.45) is 0 Å². The maximum atomic E-state index is 13.7. The zero-order valence-corrected chi connectivity index (χ0v) is 15.2. The quantitative estimate of drug-likeness (QED) is 0.617. The zero-order chi connectivity index (χ0) is 18.4. The Bertz CT molecular complexity index is 903. The van der Waals surface area contributed by atoms with E-state index in [2.05, 4.69) is 15.5 Å². The Morgan fingerprint density at radius 3 is 2.85 bits per heavy atom. The van der Waals surface area contributed by atoms with Gasteiger partial charge < -0.3 is 9.73 Å². The summed E-state index contributed by atoms with van der Waals surface area (Å²) in [6.45, 7) is 0.504. The van der Waals surface area contributed by atoms with E-state index in [1.165, 1.54) is 6.07 Å². The van der Waals surface area contributed by atoms with Gasteiger partial charge in [-0.1, -0.05) is 47.6 Å². The second kappa shape index (κ2) is 8.82. The van der Waals surface area contributed by atoms with Crippen LogP contribution in [0.1, 0.15) is 5.56 Å². The zero-order valence-electron chi connectivity index (χ0n) is 13.6. The van der Waals surface area contributed by atoms with Crippen LogP contribution in [-0.4, -0.2) is 28.4 Å². The van der Waals surface area contributed by atoms with Gasteiger partial charge in [-0.2, -0.15) is 0 Å². The van der Waals surface area contributed by atoms with Crippen LogP contribution in [0.15, 0.2) is 58.2 Å². The number of benzene rings is 2. The topological polar surface area (TPSA) is 68.0 Å². The van der Waals surface area contributed by atoms with E-state index >= 15 is 0 Å². The van der Waals surface area contributed by atoms with Crippen LogP contribution in [0.5, 0.6) is 0 Å². The van der Waals surface area contributed by atoms with E-state index in [0.717, 1.165) is 17.3 Å². The summed E-state index contributed by atoms with van der Waals surface area (Å²) in [5.41, 5.74) is 1.29. The van der Waals surface area contributed by atoms with E-state index in [1.54, 1.807) is 24.3 Å². The molecule has 5 nitrogen and oxygen atoms in total. The minimum Gasteiger partial charge on any atom is -0.411 e. The average molecular weight is 392 g/mol. The highest BCUT2D eigenvalue weighted by atomic mass is 35.5. The van der Waals surface area contributed by atoms with Crippen LogP contribution in [0, 0.1) is 5.82 Å². The number of carbonyl (C=O) groups excluding carboxylic acids is 1. The number of nitrogens with zero attached hydrogens (tertiary/aromatic N) is 2. The molecule has 1 amide bonds. The fourth-order valence-corrected chi connectivity index (χ4v) is 3.03. The molecule has 0 spiro atoms. The molecular weight excluding hydrogens is 377 g/mol. The van der Waals surface area contributed by atoms with Crippen molar-refractivity contribution < 1.29 is 13.6 Å². The number of carbonyl (C=O) groups is 1. The van der Waals surface area contributed by atoms with Crippen molar-refractivity contribution in [3.63, 3.8) is 0 Å². The van der Waals surface area contributed by atoms with Crippen LogP contribution in [0.4, 0.5) is 4.39 Å². The monoisotopic (exact) mass is 391 g/mol. The third-order valence-corrected chi connectivity index (χ3v) is 4.52. The first-order valence-corrected chi connectivity index (χ1v) is 9.20. The molecule has 0 saturated heterocycles. The molecule has 0 aliphatic heterocycles. The van der Waals surface area contributed by atoms with Crippen molar-refractivity contribution in [3.05, 3.63) is 64.9 Å². The lowest BCUT2D eigenvalue weighted by atomic mass is 10.1. The van der Waals surface area contributed by atoms with Crippen molar-refractivity contribution in [1.82, 2.24) is 15.5 Å². The van der Waals surface area contributed by atoms with E-state index in [0.29, 0.717) is 18.0 Å². The average Bonchev–Trinajstić information content (AvgIpc) is 3.09. The summed E-state index contributed by atoms with van der Waals surface area (Å²) < 4.78 is 19.1. The van der Waals surface area contributed by atoms with Gasteiger partial charge in [0.1, 0.15) is 5.82 Å².